The first-order valence-electron chi connectivity index (χ1n) is 11.0. The molecular formula is C24H24BrN5O4. The number of aromatic nitrogens is 1. The number of hydrogen-bond acceptors (Lipinski definition) is 7. The highest BCUT2D eigenvalue weighted by Crippen LogP contribution is 2.38. The molecule has 34 heavy (non-hydrogen) atoms. The number of carboxylic acids is 1. The summed E-state index contributed by atoms with van der Waals surface area (Å²) in [6.07, 6.45) is 0. The predicted molar refractivity (Wildman–Crippen MR) is 134 cm³/mol. The topological polar surface area (TPSA) is 123 Å². The number of rotatable bonds is 7. The third-order valence-electron chi connectivity index (χ3n) is 6.03. The average molecular weight is 526 g/mol. The third kappa shape index (κ3) is 4.37. The van der Waals surface area contributed by atoms with Gasteiger partial charge in [0.05, 0.1) is 34.6 Å². The van der Waals surface area contributed by atoms with E-state index in [-0.39, 0.29) is 18.2 Å². The molecule has 0 saturated carbocycles. The molecule has 0 radical (unpaired) electrons. The van der Waals surface area contributed by atoms with Crippen molar-refractivity contribution in [2.75, 3.05) is 46.1 Å². The number of nitrogens with zero attached hydrogens (tertiary/aromatic N) is 3. The van der Waals surface area contributed by atoms with E-state index in [0.717, 1.165) is 48.1 Å². The van der Waals surface area contributed by atoms with Crippen molar-refractivity contribution < 1.29 is 19.7 Å². The third-order valence-corrected chi connectivity index (χ3v) is 6.69. The standard InChI is InChI=1S/C24H24BrN5O4/c25-17-3-1-2-16-19(23(31)29-20(16)17)22-21(15-5-4-14(24(32)33)12-18(15)28-22)27-13-34-11-10-30-8-6-26-7-9-30/h1-5,12,26,29,31H,6-11,13H2,(H,32,33). The SMILES string of the molecule is O=C(O)c1ccc2c(c1)N=C(c1c(O)[nH]c3c(Br)cccc13)C2=NCOCCN1CCNCC1. The van der Waals surface area contributed by atoms with Crippen LogP contribution in [-0.4, -0.2) is 83.6 Å². The molecule has 1 fully saturated rings. The Kier molecular flexibility index (Phi) is 6.46. The number of halogens is 1. The van der Waals surface area contributed by atoms with Gasteiger partial charge in [-0.1, -0.05) is 12.1 Å². The van der Waals surface area contributed by atoms with Crippen LogP contribution in [0.4, 0.5) is 5.69 Å². The number of ether oxygens (including phenoxy) is 1. The van der Waals surface area contributed by atoms with Gasteiger partial charge in [-0.15, -0.1) is 0 Å². The molecule has 0 unspecified atom stereocenters. The highest BCUT2D eigenvalue weighted by atomic mass is 79.9. The Morgan fingerprint density at radius 1 is 1.24 bits per heavy atom. The Balaban J connectivity index is 1.45. The Morgan fingerprint density at radius 3 is 2.85 bits per heavy atom. The van der Waals surface area contributed by atoms with Gasteiger partial charge in [-0.05, 0) is 40.2 Å². The molecule has 1 saturated heterocycles. The van der Waals surface area contributed by atoms with Crippen molar-refractivity contribution in [1.29, 1.82) is 0 Å². The first kappa shape index (κ1) is 22.7. The fourth-order valence-electron chi connectivity index (χ4n) is 4.30. The van der Waals surface area contributed by atoms with Crippen LogP contribution in [0.3, 0.4) is 0 Å². The molecule has 4 N–H and O–H groups in total. The summed E-state index contributed by atoms with van der Waals surface area (Å²) in [6.45, 7) is 5.51. The fourth-order valence-corrected chi connectivity index (χ4v) is 4.77. The number of H-pyrrole nitrogens is 1. The number of piperazine rings is 1. The minimum atomic E-state index is -1.03. The number of hydrogen-bond donors (Lipinski definition) is 4. The second-order valence-corrected chi connectivity index (χ2v) is 9.00. The Labute approximate surface area is 204 Å². The molecule has 2 aromatic carbocycles. The minimum Gasteiger partial charge on any atom is -0.494 e. The van der Waals surface area contributed by atoms with Crippen LogP contribution in [0.5, 0.6) is 5.88 Å². The zero-order chi connectivity index (χ0) is 23.7. The molecule has 3 aromatic rings. The summed E-state index contributed by atoms with van der Waals surface area (Å²) in [5.41, 5.74) is 3.64. The van der Waals surface area contributed by atoms with Gasteiger partial charge in [0.15, 0.2) is 5.88 Å². The lowest BCUT2D eigenvalue weighted by molar-refractivity contribution is 0.0697. The normalized spacial score (nSPS) is 17.3. The molecule has 3 heterocycles. The first-order valence-corrected chi connectivity index (χ1v) is 11.8. The number of aromatic amines is 1. The van der Waals surface area contributed by atoms with Crippen molar-refractivity contribution in [2.45, 2.75) is 0 Å². The van der Waals surface area contributed by atoms with Crippen molar-refractivity contribution in [3.05, 3.63) is 57.6 Å². The van der Waals surface area contributed by atoms with Gasteiger partial charge in [0.1, 0.15) is 12.4 Å². The lowest BCUT2D eigenvalue weighted by Gasteiger charge is -2.26. The summed E-state index contributed by atoms with van der Waals surface area (Å²) in [7, 11) is 0. The van der Waals surface area contributed by atoms with Crippen molar-refractivity contribution in [3.8, 4) is 5.88 Å². The van der Waals surface area contributed by atoms with E-state index in [9.17, 15) is 15.0 Å². The van der Waals surface area contributed by atoms with Gasteiger partial charge in [-0.25, -0.2) is 9.79 Å². The average Bonchev–Trinajstić information content (AvgIpc) is 3.36. The summed E-state index contributed by atoms with van der Waals surface area (Å²) >= 11 is 3.51. The van der Waals surface area contributed by atoms with E-state index < -0.39 is 5.97 Å². The molecule has 10 heteroatoms. The maximum absolute atomic E-state index is 11.5. The largest absolute Gasteiger partial charge is 0.494 e. The predicted octanol–water partition coefficient (Wildman–Crippen LogP) is 3.14. The van der Waals surface area contributed by atoms with Crippen LogP contribution in [0.25, 0.3) is 10.9 Å². The zero-order valence-electron chi connectivity index (χ0n) is 18.3. The van der Waals surface area contributed by atoms with E-state index in [0.29, 0.717) is 34.8 Å². The van der Waals surface area contributed by atoms with E-state index in [4.69, 9.17) is 4.74 Å². The van der Waals surface area contributed by atoms with Crippen LogP contribution >= 0.6 is 15.9 Å². The molecule has 0 aliphatic carbocycles. The van der Waals surface area contributed by atoms with Gasteiger partial charge in [0.2, 0.25) is 0 Å². The van der Waals surface area contributed by atoms with Crippen LogP contribution in [-0.2, 0) is 4.74 Å². The van der Waals surface area contributed by atoms with E-state index in [1.165, 1.54) is 12.1 Å². The molecule has 5 rings (SSSR count). The van der Waals surface area contributed by atoms with Gasteiger partial charge in [-0.3, -0.25) is 9.89 Å². The van der Waals surface area contributed by atoms with Crippen LogP contribution in [0, 0.1) is 0 Å². The molecule has 9 nitrogen and oxygen atoms in total. The second-order valence-electron chi connectivity index (χ2n) is 8.14. The van der Waals surface area contributed by atoms with Gasteiger partial charge in [0.25, 0.3) is 0 Å². The van der Waals surface area contributed by atoms with Gasteiger partial charge >= 0.3 is 5.97 Å². The summed E-state index contributed by atoms with van der Waals surface area (Å²) in [6, 6.07) is 10.4. The van der Waals surface area contributed by atoms with Crippen molar-refractivity contribution in [2.24, 2.45) is 9.98 Å². The number of para-hydroxylation sites is 1. The maximum Gasteiger partial charge on any atom is 0.335 e. The van der Waals surface area contributed by atoms with Gasteiger partial charge in [0, 0.05) is 48.1 Å². The highest BCUT2D eigenvalue weighted by Gasteiger charge is 2.29. The van der Waals surface area contributed by atoms with Crippen molar-refractivity contribution >= 4 is 49.9 Å². The second kappa shape index (κ2) is 9.67. The lowest BCUT2D eigenvalue weighted by Crippen LogP contribution is -2.44. The maximum atomic E-state index is 11.5. The molecule has 2 aliphatic rings. The van der Waals surface area contributed by atoms with Crippen molar-refractivity contribution in [1.82, 2.24) is 15.2 Å². The lowest BCUT2D eigenvalue weighted by atomic mass is 10.00. The molecule has 0 atom stereocenters. The Bertz CT molecular complexity index is 1310. The first-order chi connectivity index (χ1) is 16.5. The highest BCUT2D eigenvalue weighted by molar-refractivity contribution is 9.10. The molecule has 0 spiro atoms. The van der Waals surface area contributed by atoms with E-state index >= 15 is 0 Å². The number of fused-ring (bicyclic) bond motifs is 2. The fraction of sp³-hybridized carbons (Fsp3) is 0.292. The molecule has 176 valence electrons. The summed E-state index contributed by atoms with van der Waals surface area (Å²) in [5.74, 6) is -1.06. The number of nitrogens with one attached hydrogen (secondary N) is 2. The number of aliphatic imine (C=N–C) groups is 2. The van der Waals surface area contributed by atoms with Crippen LogP contribution in [0.1, 0.15) is 21.5 Å². The molecule has 0 amide bonds. The number of benzene rings is 2. The molecule has 1 aromatic heterocycles. The van der Waals surface area contributed by atoms with E-state index in [1.54, 1.807) is 6.07 Å². The quantitative estimate of drug-likeness (QED) is 0.351. The molecular weight excluding hydrogens is 502 g/mol. The summed E-state index contributed by atoms with van der Waals surface area (Å²) < 4.78 is 6.61. The van der Waals surface area contributed by atoms with E-state index in [2.05, 4.69) is 41.1 Å². The zero-order valence-corrected chi connectivity index (χ0v) is 19.9. The molecule has 0 bridgehead atoms. The Hall–Kier alpha value is -3.05. The van der Waals surface area contributed by atoms with Gasteiger partial charge in [-0.2, -0.15) is 0 Å². The van der Waals surface area contributed by atoms with E-state index in [1.807, 2.05) is 18.2 Å². The summed E-state index contributed by atoms with van der Waals surface area (Å²) in [5, 5.41) is 24.3. The molecule has 2 aliphatic heterocycles. The Morgan fingerprint density at radius 2 is 2.06 bits per heavy atom. The summed E-state index contributed by atoms with van der Waals surface area (Å²) in [4.78, 5) is 26.2. The van der Waals surface area contributed by atoms with Crippen LogP contribution in [0.2, 0.25) is 0 Å². The number of aromatic carboxylic acids is 1. The van der Waals surface area contributed by atoms with Crippen molar-refractivity contribution in [3.63, 3.8) is 0 Å². The minimum absolute atomic E-state index is 0.0285. The van der Waals surface area contributed by atoms with Crippen LogP contribution < -0.4 is 5.32 Å². The van der Waals surface area contributed by atoms with Crippen LogP contribution in [0.15, 0.2) is 50.9 Å². The number of carboxylic acid groups (broad SMARTS) is 1. The monoisotopic (exact) mass is 525 g/mol. The number of carbonyl (C=O) groups is 1. The number of aromatic hydroxyl groups is 1. The van der Waals surface area contributed by atoms with Gasteiger partial charge < -0.3 is 25.3 Å². The smallest absolute Gasteiger partial charge is 0.335 e.